The number of hydrogen-bond acceptors (Lipinski definition) is 2. The van der Waals surface area contributed by atoms with E-state index in [0.717, 1.165) is 25.8 Å². The van der Waals surface area contributed by atoms with E-state index in [1.165, 1.54) is 0 Å². The minimum absolute atomic E-state index is 0.224. The minimum Gasteiger partial charge on any atom is -0.351 e. The molecule has 0 aromatic carbocycles. The van der Waals surface area contributed by atoms with Crippen molar-refractivity contribution in [3.8, 4) is 0 Å². The molecule has 4 nitrogen and oxygen atoms in total. The van der Waals surface area contributed by atoms with Crippen LogP contribution in [0, 0.1) is 5.92 Å². The number of nitrogens with two attached hydrogens (primary N) is 2. The highest BCUT2D eigenvalue weighted by Crippen LogP contribution is 2.24. The van der Waals surface area contributed by atoms with Gasteiger partial charge >= 0.3 is 6.03 Å². The number of carbonyl (C=O) groups excluding carboxylic acids is 1. The van der Waals surface area contributed by atoms with Crippen molar-refractivity contribution in [3.63, 3.8) is 0 Å². The Kier molecular flexibility index (Phi) is 3.37. The van der Waals surface area contributed by atoms with E-state index in [4.69, 9.17) is 11.5 Å². The second kappa shape index (κ2) is 4.17. The van der Waals surface area contributed by atoms with Gasteiger partial charge in [-0.2, -0.15) is 0 Å². The third kappa shape index (κ3) is 2.87. The Balaban J connectivity index is 2.65. The molecule has 2 amide bonds. The Hall–Kier alpha value is -0.770. The second-order valence-electron chi connectivity index (χ2n) is 4.80. The van der Waals surface area contributed by atoms with Crippen LogP contribution in [0.5, 0.6) is 0 Å². The lowest BCUT2D eigenvalue weighted by molar-refractivity contribution is 0.187. The topological polar surface area (TPSA) is 72.3 Å². The molecule has 82 valence electrons. The van der Waals surface area contributed by atoms with Gasteiger partial charge in [0, 0.05) is 18.6 Å². The highest BCUT2D eigenvalue weighted by atomic mass is 16.2. The molecule has 1 fully saturated rings. The predicted molar refractivity (Wildman–Crippen MR) is 56.8 cm³/mol. The Morgan fingerprint density at radius 1 is 1.43 bits per heavy atom. The van der Waals surface area contributed by atoms with Gasteiger partial charge in [0.15, 0.2) is 0 Å². The SMILES string of the molecule is CC(C)(N)C1CCCCN(C(N)=O)C1. The molecule has 0 aromatic heterocycles. The minimum atomic E-state index is -0.318. The first-order valence-electron chi connectivity index (χ1n) is 5.24. The summed E-state index contributed by atoms with van der Waals surface area (Å²) in [5, 5.41) is 0. The van der Waals surface area contributed by atoms with Gasteiger partial charge in [0.2, 0.25) is 0 Å². The van der Waals surface area contributed by atoms with Crippen molar-refractivity contribution in [2.45, 2.75) is 38.6 Å². The number of primary amides is 1. The van der Waals surface area contributed by atoms with E-state index >= 15 is 0 Å². The third-order valence-corrected chi connectivity index (χ3v) is 3.04. The second-order valence-corrected chi connectivity index (χ2v) is 4.80. The number of rotatable bonds is 1. The van der Waals surface area contributed by atoms with Gasteiger partial charge in [-0.25, -0.2) is 4.79 Å². The van der Waals surface area contributed by atoms with Crippen LogP contribution >= 0.6 is 0 Å². The number of hydrogen-bond donors (Lipinski definition) is 2. The molecule has 1 heterocycles. The van der Waals surface area contributed by atoms with Crippen LogP contribution in [0.4, 0.5) is 4.79 Å². The molecule has 0 spiro atoms. The quantitative estimate of drug-likeness (QED) is 0.658. The molecular weight excluding hydrogens is 178 g/mol. The van der Waals surface area contributed by atoms with Gasteiger partial charge in [-0.3, -0.25) is 0 Å². The first kappa shape index (κ1) is 11.3. The van der Waals surface area contributed by atoms with E-state index in [9.17, 15) is 4.79 Å². The van der Waals surface area contributed by atoms with Crippen molar-refractivity contribution < 1.29 is 4.79 Å². The summed E-state index contributed by atoms with van der Waals surface area (Å²) in [5.74, 6) is 0.359. The van der Waals surface area contributed by atoms with Crippen LogP contribution in [-0.4, -0.2) is 29.6 Å². The van der Waals surface area contributed by atoms with Gasteiger partial charge < -0.3 is 16.4 Å². The molecular formula is C10H21N3O. The molecule has 0 bridgehead atoms. The predicted octanol–water partition coefficient (Wildman–Crippen LogP) is 0.905. The standard InChI is InChI=1S/C10H21N3O/c1-10(2,12)8-5-3-4-6-13(7-8)9(11)14/h8H,3-7,12H2,1-2H3,(H2,11,14). The summed E-state index contributed by atoms with van der Waals surface area (Å²) in [7, 11) is 0. The number of amides is 2. The molecule has 1 rings (SSSR count). The lowest BCUT2D eigenvalue weighted by atomic mass is 9.85. The van der Waals surface area contributed by atoms with Crippen molar-refractivity contribution >= 4 is 6.03 Å². The maximum atomic E-state index is 11.1. The summed E-state index contributed by atoms with van der Waals surface area (Å²) < 4.78 is 0. The zero-order valence-corrected chi connectivity index (χ0v) is 9.12. The maximum Gasteiger partial charge on any atom is 0.314 e. The highest BCUT2D eigenvalue weighted by Gasteiger charge is 2.29. The summed E-state index contributed by atoms with van der Waals surface area (Å²) in [4.78, 5) is 12.8. The van der Waals surface area contributed by atoms with Crippen molar-refractivity contribution in [2.75, 3.05) is 13.1 Å². The first-order chi connectivity index (χ1) is 6.41. The molecule has 0 radical (unpaired) electrons. The van der Waals surface area contributed by atoms with Crippen LogP contribution in [0.15, 0.2) is 0 Å². The van der Waals surface area contributed by atoms with Gasteiger partial charge in [0.1, 0.15) is 0 Å². The number of carbonyl (C=O) groups is 1. The molecule has 0 aromatic rings. The van der Waals surface area contributed by atoms with E-state index in [1.54, 1.807) is 4.90 Å². The lowest BCUT2D eigenvalue weighted by Gasteiger charge is -2.32. The number of likely N-dealkylation sites (tertiary alicyclic amines) is 1. The summed E-state index contributed by atoms with van der Waals surface area (Å²) in [6, 6.07) is -0.318. The largest absolute Gasteiger partial charge is 0.351 e. The molecule has 14 heavy (non-hydrogen) atoms. The molecule has 4 heteroatoms. The van der Waals surface area contributed by atoms with Gasteiger partial charge in [-0.15, -0.1) is 0 Å². The normalized spacial score (nSPS) is 24.5. The van der Waals surface area contributed by atoms with Crippen LogP contribution in [0.2, 0.25) is 0 Å². The van der Waals surface area contributed by atoms with E-state index in [0.29, 0.717) is 12.5 Å². The molecule has 0 saturated carbocycles. The molecule has 1 saturated heterocycles. The molecule has 1 unspecified atom stereocenters. The number of nitrogens with zero attached hydrogens (tertiary/aromatic N) is 1. The van der Waals surface area contributed by atoms with Crippen molar-refractivity contribution in [1.82, 2.24) is 4.90 Å². The van der Waals surface area contributed by atoms with Crippen LogP contribution in [-0.2, 0) is 0 Å². The van der Waals surface area contributed by atoms with Crippen molar-refractivity contribution in [3.05, 3.63) is 0 Å². The van der Waals surface area contributed by atoms with Crippen molar-refractivity contribution in [1.29, 1.82) is 0 Å². The third-order valence-electron chi connectivity index (χ3n) is 3.04. The van der Waals surface area contributed by atoms with Gasteiger partial charge in [-0.05, 0) is 32.6 Å². The fourth-order valence-corrected chi connectivity index (χ4v) is 1.95. The summed E-state index contributed by atoms with van der Waals surface area (Å²) in [5.41, 5.74) is 11.1. The Bertz CT molecular complexity index is 210. The zero-order valence-electron chi connectivity index (χ0n) is 9.12. The average molecular weight is 199 g/mol. The van der Waals surface area contributed by atoms with Crippen LogP contribution in [0.3, 0.4) is 0 Å². The smallest absolute Gasteiger partial charge is 0.314 e. The van der Waals surface area contributed by atoms with E-state index < -0.39 is 0 Å². The monoisotopic (exact) mass is 199 g/mol. The van der Waals surface area contributed by atoms with Gasteiger partial charge in [-0.1, -0.05) is 6.42 Å². The first-order valence-corrected chi connectivity index (χ1v) is 5.24. The fourth-order valence-electron chi connectivity index (χ4n) is 1.95. The van der Waals surface area contributed by atoms with Crippen LogP contribution < -0.4 is 11.5 Å². The van der Waals surface area contributed by atoms with Crippen molar-refractivity contribution in [2.24, 2.45) is 17.4 Å². The Morgan fingerprint density at radius 3 is 2.57 bits per heavy atom. The van der Waals surface area contributed by atoms with Crippen LogP contribution in [0.1, 0.15) is 33.1 Å². The van der Waals surface area contributed by atoms with E-state index in [-0.39, 0.29) is 11.6 Å². The summed E-state index contributed by atoms with van der Waals surface area (Å²) >= 11 is 0. The molecule has 1 atom stereocenters. The van der Waals surface area contributed by atoms with E-state index in [2.05, 4.69) is 0 Å². The maximum absolute atomic E-state index is 11.1. The lowest BCUT2D eigenvalue weighted by Crippen LogP contribution is -2.48. The Labute approximate surface area is 85.6 Å². The highest BCUT2D eigenvalue weighted by molar-refractivity contribution is 5.72. The molecule has 0 aliphatic carbocycles. The molecule has 1 aliphatic rings. The summed E-state index contributed by atoms with van der Waals surface area (Å²) in [6.07, 6.45) is 3.26. The van der Waals surface area contributed by atoms with Gasteiger partial charge in [0.05, 0.1) is 0 Å². The van der Waals surface area contributed by atoms with Gasteiger partial charge in [0.25, 0.3) is 0 Å². The fraction of sp³-hybridized carbons (Fsp3) is 0.900. The Morgan fingerprint density at radius 2 is 2.07 bits per heavy atom. The number of urea groups is 1. The van der Waals surface area contributed by atoms with E-state index in [1.807, 2.05) is 13.8 Å². The zero-order chi connectivity index (χ0) is 10.8. The summed E-state index contributed by atoms with van der Waals surface area (Å²) in [6.45, 7) is 5.52. The van der Waals surface area contributed by atoms with Crippen LogP contribution in [0.25, 0.3) is 0 Å². The average Bonchev–Trinajstić information content (AvgIpc) is 2.26. The molecule has 4 N–H and O–H groups in total. The molecule has 1 aliphatic heterocycles.